The molecule has 0 unspecified atom stereocenters. The SMILES string of the molecule is O=C(NCCN1CCCCC1)C1=NN(c2ccccc2)C(=O)CC1. The predicted molar refractivity (Wildman–Crippen MR) is 93.9 cm³/mol. The highest BCUT2D eigenvalue weighted by Gasteiger charge is 2.25. The maximum Gasteiger partial charge on any atom is 0.267 e. The zero-order valence-corrected chi connectivity index (χ0v) is 13.9. The fourth-order valence-corrected chi connectivity index (χ4v) is 3.10. The smallest absolute Gasteiger partial charge is 0.267 e. The maximum atomic E-state index is 12.3. The highest BCUT2D eigenvalue weighted by Crippen LogP contribution is 2.19. The first-order valence-electron chi connectivity index (χ1n) is 8.70. The number of hydrogen-bond donors (Lipinski definition) is 1. The van der Waals surface area contributed by atoms with Gasteiger partial charge in [-0.1, -0.05) is 24.6 Å². The van der Waals surface area contributed by atoms with Crippen molar-refractivity contribution in [1.82, 2.24) is 10.2 Å². The minimum atomic E-state index is -0.166. The lowest BCUT2D eigenvalue weighted by molar-refractivity contribution is -0.118. The minimum Gasteiger partial charge on any atom is -0.350 e. The molecule has 1 saturated heterocycles. The van der Waals surface area contributed by atoms with Crippen LogP contribution in [0.25, 0.3) is 0 Å². The third kappa shape index (κ3) is 4.20. The van der Waals surface area contributed by atoms with Crippen molar-refractivity contribution in [2.24, 2.45) is 5.10 Å². The lowest BCUT2D eigenvalue weighted by Gasteiger charge is -2.26. The molecular weight excluding hydrogens is 304 g/mol. The molecule has 1 aromatic rings. The highest BCUT2D eigenvalue weighted by molar-refractivity contribution is 6.40. The summed E-state index contributed by atoms with van der Waals surface area (Å²) in [5, 5.41) is 8.55. The number of anilines is 1. The lowest BCUT2D eigenvalue weighted by atomic mass is 10.1. The number of amides is 2. The van der Waals surface area contributed by atoms with Crippen LogP contribution in [0.15, 0.2) is 35.4 Å². The van der Waals surface area contributed by atoms with Crippen LogP contribution in [0.3, 0.4) is 0 Å². The fourth-order valence-electron chi connectivity index (χ4n) is 3.10. The van der Waals surface area contributed by atoms with Gasteiger partial charge in [-0.3, -0.25) is 9.59 Å². The van der Waals surface area contributed by atoms with Crippen LogP contribution in [-0.2, 0) is 9.59 Å². The molecule has 24 heavy (non-hydrogen) atoms. The Balaban J connectivity index is 1.56. The van der Waals surface area contributed by atoms with Crippen LogP contribution < -0.4 is 10.3 Å². The van der Waals surface area contributed by atoms with Crippen LogP contribution >= 0.6 is 0 Å². The normalized spacial score (nSPS) is 19.1. The minimum absolute atomic E-state index is 0.0777. The third-order valence-electron chi connectivity index (χ3n) is 4.46. The number of para-hydroxylation sites is 1. The van der Waals surface area contributed by atoms with Crippen molar-refractivity contribution in [2.45, 2.75) is 32.1 Å². The molecule has 128 valence electrons. The number of likely N-dealkylation sites (tertiary alicyclic amines) is 1. The lowest BCUT2D eigenvalue weighted by Crippen LogP contribution is -2.42. The first kappa shape index (κ1) is 16.6. The average molecular weight is 328 g/mol. The van der Waals surface area contributed by atoms with Crippen LogP contribution in [0.5, 0.6) is 0 Å². The van der Waals surface area contributed by atoms with E-state index in [-0.39, 0.29) is 11.8 Å². The van der Waals surface area contributed by atoms with E-state index in [2.05, 4.69) is 15.3 Å². The van der Waals surface area contributed by atoms with Crippen LogP contribution in [-0.4, -0.2) is 48.6 Å². The summed E-state index contributed by atoms with van der Waals surface area (Å²) in [5.41, 5.74) is 1.12. The Bertz CT molecular complexity index is 609. The second kappa shape index (κ2) is 8.06. The molecule has 1 aromatic carbocycles. The van der Waals surface area contributed by atoms with Crippen molar-refractivity contribution in [3.05, 3.63) is 30.3 Å². The zero-order valence-electron chi connectivity index (χ0n) is 13.9. The Morgan fingerprint density at radius 1 is 1.08 bits per heavy atom. The molecule has 0 saturated carbocycles. The van der Waals surface area contributed by atoms with Gasteiger partial charge in [-0.05, 0) is 38.1 Å². The summed E-state index contributed by atoms with van der Waals surface area (Å²) in [6, 6.07) is 9.23. The van der Waals surface area contributed by atoms with E-state index in [4.69, 9.17) is 0 Å². The van der Waals surface area contributed by atoms with Crippen LogP contribution in [0, 0.1) is 0 Å². The molecule has 2 heterocycles. The summed E-state index contributed by atoms with van der Waals surface area (Å²) in [6.45, 7) is 3.73. The van der Waals surface area contributed by atoms with E-state index >= 15 is 0 Å². The Hall–Kier alpha value is -2.21. The number of hydrazone groups is 1. The largest absolute Gasteiger partial charge is 0.350 e. The predicted octanol–water partition coefficient (Wildman–Crippen LogP) is 1.77. The van der Waals surface area contributed by atoms with Crippen molar-refractivity contribution >= 4 is 23.2 Å². The highest BCUT2D eigenvalue weighted by atomic mass is 16.2. The summed E-state index contributed by atoms with van der Waals surface area (Å²) in [6.07, 6.45) is 4.51. The number of nitrogens with zero attached hydrogens (tertiary/aromatic N) is 3. The van der Waals surface area contributed by atoms with Gasteiger partial charge in [0.15, 0.2) is 0 Å². The average Bonchev–Trinajstić information content (AvgIpc) is 2.63. The van der Waals surface area contributed by atoms with Gasteiger partial charge < -0.3 is 10.2 Å². The van der Waals surface area contributed by atoms with E-state index in [1.165, 1.54) is 24.3 Å². The van der Waals surface area contributed by atoms with E-state index in [0.29, 0.717) is 30.8 Å². The van der Waals surface area contributed by atoms with Crippen LogP contribution in [0.1, 0.15) is 32.1 Å². The van der Waals surface area contributed by atoms with Gasteiger partial charge in [0.05, 0.1) is 5.69 Å². The molecular formula is C18H24N4O2. The van der Waals surface area contributed by atoms with Gasteiger partial charge in [0, 0.05) is 25.9 Å². The number of piperidine rings is 1. The van der Waals surface area contributed by atoms with Gasteiger partial charge in [0.25, 0.3) is 5.91 Å². The van der Waals surface area contributed by atoms with Gasteiger partial charge in [-0.2, -0.15) is 5.10 Å². The van der Waals surface area contributed by atoms with Crippen molar-refractivity contribution in [1.29, 1.82) is 0 Å². The number of carbonyl (C=O) groups excluding carboxylic acids is 2. The van der Waals surface area contributed by atoms with Crippen molar-refractivity contribution in [2.75, 3.05) is 31.2 Å². The fraction of sp³-hybridized carbons (Fsp3) is 0.500. The Morgan fingerprint density at radius 3 is 2.58 bits per heavy atom. The quantitative estimate of drug-likeness (QED) is 0.896. The number of hydrogen-bond acceptors (Lipinski definition) is 4. The molecule has 1 fully saturated rings. The monoisotopic (exact) mass is 328 g/mol. The molecule has 2 aliphatic rings. The first-order valence-corrected chi connectivity index (χ1v) is 8.70. The second-order valence-corrected chi connectivity index (χ2v) is 6.25. The Kier molecular flexibility index (Phi) is 5.59. The van der Waals surface area contributed by atoms with Gasteiger partial charge in [0.1, 0.15) is 5.71 Å². The second-order valence-electron chi connectivity index (χ2n) is 6.25. The summed E-state index contributed by atoms with van der Waals surface area (Å²) < 4.78 is 0. The number of carbonyl (C=O) groups is 2. The molecule has 0 bridgehead atoms. The van der Waals surface area contributed by atoms with E-state index in [1.807, 2.05) is 30.3 Å². The summed E-state index contributed by atoms with van der Waals surface area (Å²) in [7, 11) is 0. The molecule has 0 atom stereocenters. The zero-order chi connectivity index (χ0) is 16.8. The van der Waals surface area contributed by atoms with E-state index in [1.54, 1.807) is 0 Å². The maximum absolute atomic E-state index is 12.3. The molecule has 1 N–H and O–H groups in total. The molecule has 6 nitrogen and oxygen atoms in total. The Labute approximate surface area is 142 Å². The van der Waals surface area contributed by atoms with E-state index in [9.17, 15) is 9.59 Å². The number of nitrogens with one attached hydrogen (secondary N) is 1. The van der Waals surface area contributed by atoms with Gasteiger partial charge >= 0.3 is 0 Å². The van der Waals surface area contributed by atoms with Gasteiger partial charge in [-0.15, -0.1) is 0 Å². The first-order chi connectivity index (χ1) is 11.7. The Morgan fingerprint density at radius 2 is 1.83 bits per heavy atom. The van der Waals surface area contributed by atoms with Crippen molar-refractivity contribution in [3.8, 4) is 0 Å². The van der Waals surface area contributed by atoms with E-state index in [0.717, 1.165) is 19.6 Å². The molecule has 6 heteroatoms. The summed E-state index contributed by atoms with van der Waals surface area (Å²) in [4.78, 5) is 26.8. The molecule has 0 radical (unpaired) electrons. The molecule has 2 aliphatic heterocycles. The van der Waals surface area contributed by atoms with Crippen molar-refractivity contribution < 1.29 is 9.59 Å². The van der Waals surface area contributed by atoms with Crippen LogP contribution in [0.4, 0.5) is 5.69 Å². The number of benzene rings is 1. The standard InChI is InChI=1S/C18H24N4O2/c23-17-10-9-16(20-22(17)15-7-3-1-4-8-15)18(24)19-11-14-21-12-5-2-6-13-21/h1,3-4,7-8H,2,5-6,9-14H2,(H,19,24). The summed E-state index contributed by atoms with van der Waals surface area (Å²) in [5.74, 6) is -0.244. The van der Waals surface area contributed by atoms with Crippen LogP contribution in [0.2, 0.25) is 0 Å². The molecule has 3 rings (SSSR count). The van der Waals surface area contributed by atoms with E-state index < -0.39 is 0 Å². The van der Waals surface area contributed by atoms with Gasteiger partial charge in [0.2, 0.25) is 5.91 Å². The molecule has 0 aliphatic carbocycles. The molecule has 2 amide bonds. The number of rotatable bonds is 5. The summed E-state index contributed by atoms with van der Waals surface area (Å²) >= 11 is 0. The van der Waals surface area contributed by atoms with Gasteiger partial charge in [-0.25, -0.2) is 5.01 Å². The molecule has 0 aromatic heterocycles. The topological polar surface area (TPSA) is 65.0 Å². The molecule has 0 spiro atoms. The van der Waals surface area contributed by atoms with Crippen molar-refractivity contribution in [3.63, 3.8) is 0 Å². The third-order valence-corrected chi connectivity index (χ3v) is 4.46.